The smallest absolute Gasteiger partial charge is 0.275 e. The molecule has 1 heterocycles. The van der Waals surface area contributed by atoms with E-state index in [0.29, 0.717) is 23.7 Å². The van der Waals surface area contributed by atoms with E-state index >= 15 is 0 Å². The number of nitrogen functional groups attached to an aromatic ring is 1. The fourth-order valence-corrected chi connectivity index (χ4v) is 2.71. The average molecular weight is 410 g/mol. The molecule has 30 heavy (non-hydrogen) atoms. The first-order valence-electron chi connectivity index (χ1n) is 9.04. The molecule has 3 rings (SSSR count). The second-order valence-electron chi connectivity index (χ2n) is 6.27. The number of hydrogen-bond acceptors (Lipinski definition) is 7. The Labute approximate surface area is 173 Å². The van der Waals surface area contributed by atoms with E-state index in [1.807, 2.05) is 30.3 Å². The van der Waals surface area contributed by atoms with Gasteiger partial charge in [-0.15, -0.1) is 5.10 Å². The van der Waals surface area contributed by atoms with Crippen LogP contribution in [-0.4, -0.2) is 41.0 Å². The van der Waals surface area contributed by atoms with E-state index in [1.165, 1.54) is 14.2 Å². The summed E-state index contributed by atoms with van der Waals surface area (Å²) in [6.45, 7) is 0.116. The Balaban J connectivity index is 1.61. The Kier molecular flexibility index (Phi) is 6.48. The molecule has 3 aromatic rings. The molecule has 0 atom stereocenters. The summed E-state index contributed by atoms with van der Waals surface area (Å²) in [5.74, 6) is 0.163. The van der Waals surface area contributed by atoms with Crippen LogP contribution < -0.4 is 25.8 Å². The van der Waals surface area contributed by atoms with E-state index in [9.17, 15) is 9.59 Å². The molecule has 0 aliphatic rings. The van der Waals surface area contributed by atoms with Gasteiger partial charge < -0.3 is 25.8 Å². The number of nitrogens with two attached hydrogens (primary N) is 1. The van der Waals surface area contributed by atoms with Crippen molar-refractivity contribution in [3.8, 4) is 11.5 Å². The van der Waals surface area contributed by atoms with Gasteiger partial charge >= 0.3 is 0 Å². The average Bonchev–Trinajstić information content (AvgIpc) is 3.12. The van der Waals surface area contributed by atoms with E-state index in [1.54, 1.807) is 18.2 Å². The van der Waals surface area contributed by atoms with Crippen LogP contribution in [0.1, 0.15) is 16.1 Å². The van der Waals surface area contributed by atoms with Crippen LogP contribution in [0.2, 0.25) is 0 Å². The molecule has 0 bridgehead atoms. The van der Waals surface area contributed by atoms with Crippen molar-refractivity contribution in [2.24, 2.45) is 0 Å². The normalized spacial score (nSPS) is 10.3. The lowest BCUT2D eigenvalue weighted by molar-refractivity contribution is -0.116. The molecule has 4 N–H and O–H groups in total. The molecule has 0 saturated heterocycles. The molecule has 0 radical (unpaired) electrons. The standard InChI is InChI=1S/C20H22N6O4/c1-29-15-9-8-14(10-16(15)30-2)23-17(27)12-26-19(21)18(24-25-26)20(28)22-11-13-6-4-3-5-7-13/h3-10H,11-12,21H2,1-2H3,(H,22,28)(H,23,27). The molecule has 0 saturated carbocycles. The van der Waals surface area contributed by atoms with Gasteiger partial charge in [0.15, 0.2) is 23.0 Å². The van der Waals surface area contributed by atoms with Gasteiger partial charge in [0.05, 0.1) is 14.2 Å². The zero-order chi connectivity index (χ0) is 21.5. The van der Waals surface area contributed by atoms with E-state index in [4.69, 9.17) is 15.2 Å². The van der Waals surface area contributed by atoms with E-state index in [2.05, 4.69) is 20.9 Å². The number of aromatic nitrogens is 3. The summed E-state index contributed by atoms with van der Waals surface area (Å²) in [5.41, 5.74) is 7.37. The first kappa shape index (κ1) is 20.6. The Bertz CT molecular complexity index is 1040. The monoisotopic (exact) mass is 410 g/mol. The van der Waals surface area contributed by atoms with Crippen molar-refractivity contribution in [2.45, 2.75) is 13.1 Å². The molecular weight excluding hydrogens is 388 g/mol. The highest BCUT2D eigenvalue weighted by Gasteiger charge is 2.19. The van der Waals surface area contributed by atoms with Crippen LogP contribution in [0, 0.1) is 0 Å². The number of rotatable bonds is 8. The maximum absolute atomic E-state index is 12.4. The number of amides is 2. The molecule has 2 aromatic carbocycles. The number of ether oxygens (including phenoxy) is 2. The van der Waals surface area contributed by atoms with Gasteiger partial charge in [0, 0.05) is 18.3 Å². The van der Waals surface area contributed by atoms with Crippen molar-refractivity contribution >= 4 is 23.3 Å². The number of nitrogens with one attached hydrogen (secondary N) is 2. The summed E-state index contributed by atoms with van der Waals surface area (Å²) in [6, 6.07) is 14.4. The fourth-order valence-electron chi connectivity index (χ4n) is 2.71. The molecule has 0 aliphatic heterocycles. The topological polar surface area (TPSA) is 133 Å². The van der Waals surface area contributed by atoms with Crippen molar-refractivity contribution in [3.05, 3.63) is 59.8 Å². The van der Waals surface area contributed by atoms with E-state index in [-0.39, 0.29) is 18.1 Å². The molecule has 10 heteroatoms. The van der Waals surface area contributed by atoms with Crippen LogP contribution in [0.15, 0.2) is 48.5 Å². The van der Waals surface area contributed by atoms with Gasteiger partial charge in [0.25, 0.3) is 5.91 Å². The highest BCUT2D eigenvalue weighted by molar-refractivity contribution is 5.97. The largest absolute Gasteiger partial charge is 0.493 e. The zero-order valence-corrected chi connectivity index (χ0v) is 16.6. The molecule has 2 amide bonds. The number of methoxy groups -OCH3 is 2. The van der Waals surface area contributed by atoms with Gasteiger partial charge in [0.2, 0.25) is 5.91 Å². The molecule has 0 aliphatic carbocycles. The Hall–Kier alpha value is -4.08. The van der Waals surface area contributed by atoms with Gasteiger partial charge in [-0.3, -0.25) is 9.59 Å². The van der Waals surface area contributed by atoms with Crippen LogP contribution in [0.25, 0.3) is 0 Å². The van der Waals surface area contributed by atoms with Crippen LogP contribution in [0.3, 0.4) is 0 Å². The molecule has 0 spiro atoms. The molecule has 156 valence electrons. The van der Waals surface area contributed by atoms with Crippen LogP contribution in [0.4, 0.5) is 11.5 Å². The third-order valence-corrected chi connectivity index (χ3v) is 4.25. The summed E-state index contributed by atoms with van der Waals surface area (Å²) in [5, 5.41) is 13.0. The first-order valence-corrected chi connectivity index (χ1v) is 9.04. The molecular formula is C20H22N6O4. The lowest BCUT2D eigenvalue weighted by atomic mass is 10.2. The van der Waals surface area contributed by atoms with Gasteiger partial charge in [-0.05, 0) is 17.7 Å². The number of carbonyl (C=O) groups excluding carboxylic acids is 2. The zero-order valence-electron chi connectivity index (χ0n) is 16.6. The van der Waals surface area contributed by atoms with Gasteiger partial charge in [0.1, 0.15) is 6.54 Å². The highest BCUT2D eigenvalue weighted by Crippen LogP contribution is 2.29. The maximum atomic E-state index is 12.4. The second-order valence-corrected chi connectivity index (χ2v) is 6.27. The van der Waals surface area contributed by atoms with E-state index < -0.39 is 11.8 Å². The molecule has 1 aromatic heterocycles. The van der Waals surface area contributed by atoms with Crippen molar-refractivity contribution in [1.29, 1.82) is 0 Å². The maximum Gasteiger partial charge on any atom is 0.275 e. The van der Waals surface area contributed by atoms with Crippen molar-refractivity contribution in [3.63, 3.8) is 0 Å². The predicted octanol–water partition coefficient (Wildman–Crippen LogP) is 1.45. The lowest BCUT2D eigenvalue weighted by Crippen LogP contribution is -2.25. The number of anilines is 2. The van der Waals surface area contributed by atoms with Crippen LogP contribution >= 0.6 is 0 Å². The minimum Gasteiger partial charge on any atom is -0.493 e. The second kappa shape index (κ2) is 9.41. The minimum absolute atomic E-state index is 0.00280. The van der Waals surface area contributed by atoms with Gasteiger partial charge in [-0.1, -0.05) is 35.5 Å². The van der Waals surface area contributed by atoms with Gasteiger partial charge in [-0.2, -0.15) is 0 Å². The molecule has 0 fully saturated rings. The summed E-state index contributed by atoms with van der Waals surface area (Å²) in [4.78, 5) is 24.7. The van der Waals surface area contributed by atoms with Crippen molar-refractivity contribution in [2.75, 3.05) is 25.3 Å². The third kappa shape index (κ3) is 4.85. The summed E-state index contributed by atoms with van der Waals surface area (Å²) in [7, 11) is 3.03. The SMILES string of the molecule is COc1ccc(NC(=O)Cn2nnc(C(=O)NCc3ccccc3)c2N)cc1OC. The number of hydrogen-bond donors (Lipinski definition) is 3. The summed E-state index contributed by atoms with van der Waals surface area (Å²) in [6.07, 6.45) is 0. The van der Waals surface area contributed by atoms with Crippen molar-refractivity contribution in [1.82, 2.24) is 20.3 Å². The first-order chi connectivity index (χ1) is 14.5. The Morgan fingerprint density at radius 1 is 1.07 bits per heavy atom. The number of nitrogens with zero attached hydrogens (tertiary/aromatic N) is 3. The Morgan fingerprint density at radius 3 is 2.50 bits per heavy atom. The predicted molar refractivity (Wildman–Crippen MR) is 110 cm³/mol. The summed E-state index contributed by atoms with van der Waals surface area (Å²) >= 11 is 0. The molecule has 10 nitrogen and oxygen atoms in total. The fraction of sp³-hybridized carbons (Fsp3) is 0.200. The molecule has 0 unspecified atom stereocenters. The Morgan fingerprint density at radius 2 is 1.80 bits per heavy atom. The lowest BCUT2D eigenvalue weighted by Gasteiger charge is -2.11. The minimum atomic E-state index is -0.470. The number of benzene rings is 2. The highest BCUT2D eigenvalue weighted by atomic mass is 16.5. The quantitative estimate of drug-likeness (QED) is 0.512. The van der Waals surface area contributed by atoms with Crippen LogP contribution in [0.5, 0.6) is 11.5 Å². The van der Waals surface area contributed by atoms with Crippen LogP contribution in [-0.2, 0) is 17.9 Å². The van der Waals surface area contributed by atoms with Gasteiger partial charge in [-0.25, -0.2) is 4.68 Å². The van der Waals surface area contributed by atoms with Crippen molar-refractivity contribution < 1.29 is 19.1 Å². The van der Waals surface area contributed by atoms with E-state index in [0.717, 1.165) is 10.2 Å². The number of carbonyl (C=O) groups is 2. The summed E-state index contributed by atoms with van der Waals surface area (Å²) < 4.78 is 11.5. The third-order valence-electron chi connectivity index (χ3n) is 4.25.